The van der Waals surface area contributed by atoms with Crippen molar-refractivity contribution in [2.75, 3.05) is 19.0 Å². The zero-order valence-corrected chi connectivity index (χ0v) is 15.2. The van der Waals surface area contributed by atoms with Crippen LogP contribution in [0.4, 0.5) is 5.69 Å². The maximum atomic E-state index is 11.0. The molecule has 1 heterocycles. The minimum absolute atomic E-state index is 0.0828. The Labute approximate surface area is 143 Å². The zero-order valence-electron chi connectivity index (χ0n) is 11.2. The molecule has 7 heteroatoms. The standard InChI is InChI=1S/C14H13Br2NO3S/c1-19-13(18)8-20-10-4-2-9(3-5-10)17-7-11-6-12(15)14(16)21-11/h2-6,17H,7-8H2,1H3. The molecule has 0 aliphatic rings. The van der Waals surface area contributed by atoms with Crippen LogP contribution in [0.1, 0.15) is 4.88 Å². The van der Waals surface area contributed by atoms with E-state index in [2.05, 4.69) is 48.0 Å². The molecule has 1 aromatic heterocycles. The summed E-state index contributed by atoms with van der Waals surface area (Å²) in [5.41, 5.74) is 0.987. The van der Waals surface area contributed by atoms with Crippen molar-refractivity contribution in [3.05, 3.63) is 43.5 Å². The van der Waals surface area contributed by atoms with Gasteiger partial charge in [-0.3, -0.25) is 0 Å². The van der Waals surface area contributed by atoms with Crippen molar-refractivity contribution in [3.63, 3.8) is 0 Å². The first kappa shape index (κ1) is 16.3. The average Bonchev–Trinajstić information content (AvgIpc) is 2.82. The summed E-state index contributed by atoms with van der Waals surface area (Å²) in [7, 11) is 1.33. The number of benzene rings is 1. The van der Waals surface area contributed by atoms with Gasteiger partial charge in [0.15, 0.2) is 6.61 Å². The van der Waals surface area contributed by atoms with Crippen LogP contribution in [0.3, 0.4) is 0 Å². The molecule has 0 fully saturated rings. The molecule has 0 aliphatic heterocycles. The molecule has 0 radical (unpaired) electrons. The van der Waals surface area contributed by atoms with Crippen LogP contribution in [0, 0.1) is 0 Å². The third kappa shape index (κ3) is 5.01. The summed E-state index contributed by atoms with van der Waals surface area (Å²) < 4.78 is 11.9. The minimum Gasteiger partial charge on any atom is -0.482 e. The van der Waals surface area contributed by atoms with Crippen LogP contribution in [0.2, 0.25) is 0 Å². The Morgan fingerprint density at radius 2 is 2.00 bits per heavy atom. The van der Waals surface area contributed by atoms with E-state index in [0.29, 0.717) is 5.75 Å². The van der Waals surface area contributed by atoms with Gasteiger partial charge < -0.3 is 14.8 Å². The van der Waals surface area contributed by atoms with E-state index in [1.807, 2.05) is 24.3 Å². The van der Waals surface area contributed by atoms with E-state index in [1.165, 1.54) is 12.0 Å². The van der Waals surface area contributed by atoms with E-state index in [-0.39, 0.29) is 6.61 Å². The van der Waals surface area contributed by atoms with Crippen molar-refractivity contribution in [2.24, 2.45) is 0 Å². The SMILES string of the molecule is COC(=O)COc1ccc(NCc2cc(Br)c(Br)s2)cc1. The van der Waals surface area contributed by atoms with Crippen LogP contribution in [-0.4, -0.2) is 19.7 Å². The number of rotatable bonds is 6. The quantitative estimate of drug-likeness (QED) is 0.683. The number of halogens is 2. The van der Waals surface area contributed by atoms with Gasteiger partial charge in [-0.2, -0.15) is 0 Å². The molecule has 0 aliphatic carbocycles. The lowest BCUT2D eigenvalue weighted by atomic mass is 10.3. The number of carbonyl (C=O) groups excluding carboxylic acids is 1. The first-order valence-electron chi connectivity index (χ1n) is 6.05. The summed E-state index contributed by atoms with van der Waals surface area (Å²) in [5.74, 6) is 0.235. The van der Waals surface area contributed by atoms with E-state index in [1.54, 1.807) is 11.3 Å². The van der Waals surface area contributed by atoms with Gasteiger partial charge in [0.25, 0.3) is 0 Å². The number of carbonyl (C=O) groups is 1. The Balaban J connectivity index is 1.86. The Kier molecular flexibility index (Phi) is 6.08. The topological polar surface area (TPSA) is 47.6 Å². The molecule has 112 valence electrons. The average molecular weight is 435 g/mol. The molecule has 1 N–H and O–H groups in total. The van der Waals surface area contributed by atoms with Gasteiger partial charge in [0.1, 0.15) is 5.75 Å². The summed E-state index contributed by atoms with van der Waals surface area (Å²) in [5, 5.41) is 3.33. The van der Waals surface area contributed by atoms with Crippen molar-refractivity contribution in [2.45, 2.75) is 6.54 Å². The highest BCUT2D eigenvalue weighted by molar-refractivity contribution is 9.13. The van der Waals surface area contributed by atoms with Crippen LogP contribution in [0.25, 0.3) is 0 Å². The van der Waals surface area contributed by atoms with Gasteiger partial charge in [-0.05, 0) is 62.2 Å². The number of anilines is 1. The minimum atomic E-state index is -0.397. The molecule has 0 spiro atoms. The number of methoxy groups -OCH3 is 1. The first-order chi connectivity index (χ1) is 10.1. The van der Waals surface area contributed by atoms with E-state index >= 15 is 0 Å². The second-order valence-electron chi connectivity index (χ2n) is 4.08. The molecule has 2 aromatic rings. The second-order valence-corrected chi connectivity index (χ2v) is 7.39. The van der Waals surface area contributed by atoms with Gasteiger partial charge >= 0.3 is 5.97 Å². The third-order valence-electron chi connectivity index (χ3n) is 2.60. The van der Waals surface area contributed by atoms with Gasteiger partial charge in [-0.15, -0.1) is 11.3 Å². The van der Waals surface area contributed by atoms with Crippen molar-refractivity contribution in [1.29, 1.82) is 0 Å². The maximum absolute atomic E-state index is 11.0. The zero-order chi connectivity index (χ0) is 15.2. The second kappa shape index (κ2) is 7.82. The van der Waals surface area contributed by atoms with Crippen molar-refractivity contribution >= 4 is 54.9 Å². The molecule has 0 unspecified atom stereocenters. The fraction of sp³-hybridized carbons (Fsp3) is 0.214. The van der Waals surface area contributed by atoms with Gasteiger partial charge in [-0.1, -0.05) is 0 Å². The predicted octanol–water partition coefficient (Wildman–Crippen LogP) is 4.44. The fourth-order valence-electron chi connectivity index (χ4n) is 1.54. The number of esters is 1. The van der Waals surface area contributed by atoms with E-state index in [9.17, 15) is 4.79 Å². The molecule has 0 atom stereocenters. The van der Waals surface area contributed by atoms with E-state index in [4.69, 9.17) is 4.74 Å². The molecule has 0 bridgehead atoms. The molecule has 0 saturated carbocycles. The molecule has 1 aromatic carbocycles. The van der Waals surface area contributed by atoms with Crippen molar-refractivity contribution in [3.8, 4) is 5.75 Å². The Morgan fingerprint density at radius 3 is 2.57 bits per heavy atom. The van der Waals surface area contributed by atoms with Gasteiger partial charge in [0.2, 0.25) is 0 Å². The summed E-state index contributed by atoms with van der Waals surface area (Å²) in [6.07, 6.45) is 0. The maximum Gasteiger partial charge on any atom is 0.343 e. The van der Waals surface area contributed by atoms with Crippen molar-refractivity contribution < 1.29 is 14.3 Å². The number of thiophene rings is 1. The fourth-order valence-corrected chi connectivity index (χ4v) is 3.65. The lowest BCUT2D eigenvalue weighted by Gasteiger charge is -2.07. The normalized spacial score (nSPS) is 10.2. The van der Waals surface area contributed by atoms with Crippen LogP contribution in [0.15, 0.2) is 38.6 Å². The molecule has 0 saturated heterocycles. The summed E-state index contributed by atoms with van der Waals surface area (Å²) in [4.78, 5) is 12.2. The van der Waals surface area contributed by atoms with Crippen LogP contribution >= 0.6 is 43.2 Å². The summed E-state index contributed by atoms with van der Waals surface area (Å²) in [6.45, 7) is 0.664. The number of ether oxygens (including phenoxy) is 2. The van der Waals surface area contributed by atoms with Crippen LogP contribution in [-0.2, 0) is 16.1 Å². The van der Waals surface area contributed by atoms with Gasteiger partial charge in [0, 0.05) is 21.6 Å². The summed E-state index contributed by atoms with van der Waals surface area (Å²) in [6, 6.07) is 9.52. The lowest BCUT2D eigenvalue weighted by molar-refractivity contribution is -0.142. The van der Waals surface area contributed by atoms with E-state index in [0.717, 1.165) is 20.5 Å². The Bertz CT molecular complexity index is 594. The van der Waals surface area contributed by atoms with Crippen molar-refractivity contribution in [1.82, 2.24) is 0 Å². The van der Waals surface area contributed by atoms with Gasteiger partial charge in [0.05, 0.1) is 10.9 Å². The highest BCUT2D eigenvalue weighted by Crippen LogP contribution is 2.32. The number of hydrogen-bond donors (Lipinski definition) is 1. The monoisotopic (exact) mass is 433 g/mol. The molecule has 21 heavy (non-hydrogen) atoms. The molecular formula is C14H13Br2NO3S. The predicted molar refractivity (Wildman–Crippen MR) is 91.0 cm³/mol. The van der Waals surface area contributed by atoms with Gasteiger partial charge in [-0.25, -0.2) is 4.79 Å². The Morgan fingerprint density at radius 1 is 1.29 bits per heavy atom. The van der Waals surface area contributed by atoms with Crippen LogP contribution in [0.5, 0.6) is 5.75 Å². The molecular weight excluding hydrogens is 422 g/mol. The smallest absolute Gasteiger partial charge is 0.343 e. The number of nitrogens with one attached hydrogen (secondary N) is 1. The molecule has 0 amide bonds. The molecule has 4 nitrogen and oxygen atoms in total. The highest BCUT2D eigenvalue weighted by Gasteiger charge is 2.04. The third-order valence-corrected chi connectivity index (χ3v) is 5.86. The van der Waals surface area contributed by atoms with E-state index < -0.39 is 5.97 Å². The largest absolute Gasteiger partial charge is 0.482 e. The molecule has 2 rings (SSSR count). The van der Waals surface area contributed by atoms with Crippen LogP contribution < -0.4 is 10.1 Å². The summed E-state index contributed by atoms with van der Waals surface area (Å²) >= 11 is 8.63. The first-order valence-corrected chi connectivity index (χ1v) is 8.46. The number of hydrogen-bond acceptors (Lipinski definition) is 5. The lowest BCUT2D eigenvalue weighted by Crippen LogP contribution is -2.12. The highest BCUT2D eigenvalue weighted by atomic mass is 79.9. The Hall–Kier alpha value is -1.05.